The standard InChI is InChI=1S/C23H20O5/c1-26-20-12-10-18(11-13-20)23(25)28-21-9-5-8-19(16-21)22(24)27-15-14-17-6-3-2-4-7-17/h2-13,16H,14-15H2,1H3. The molecule has 5 heteroatoms. The highest BCUT2D eigenvalue weighted by Crippen LogP contribution is 2.18. The minimum atomic E-state index is -0.516. The van der Waals surface area contributed by atoms with E-state index in [-0.39, 0.29) is 12.4 Å². The quantitative estimate of drug-likeness (QED) is 0.454. The van der Waals surface area contributed by atoms with Gasteiger partial charge in [0.2, 0.25) is 0 Å². The number of methoxy groups -OCH3 is 1. The molecule has 28 heavy (non-hydrogen) atoms. The Morgan fingerprint density at radius 1 is 0.750 bits per heavy atom. The van der Waals surface area contributed by atoms with Gasteiger partial charge in [-0.2, -0.15) is 0 Å². The zero-order valence-corrected chi connectivity index (χ0v) is 15.5. The first-order valence-corrected chi connectivity index (χ1v) is 8.83. The average molecular weight is 376 g/mol. The number of esters is 2. The third kappa shape index (κ3) is 5.20. The molecule has 0 saturated heterocycles. The molecule has 0 N–H and O–H groups in total. The molecule has 0 aliphatic heterocycles. The lowest BCUT2D eigenvalue weighted by Crippen LogP contribution is -2.10. The van der Waals surface area contributed by atoms with Gasteiger partial charge in [-0.05, 0) is 48.0 Å². The predicted octanol–water partition coefficient (Wildman–Crippen LogP) is 4.31. The topological polar surface area (TPSA) is 61.8 Å². The Kier molecular flexibility index (Phi) is 6.41. The highest BCUT2D eigenvalue weighted by atomic mass is 16.5. The molecule has 0 spiro atoms. The van der Waals surface area contributed by atoms with Crippen LogP contribution in [0.5, 0.6) is 11.5 Å². The number of carbonyl (C=O) groups is 2. The van der Waals surface area contributed by atoms with E-state index in [2.05, 4.69) is 0 Å². The van der Waals surface area contributed by atoms with E-state index in [1.165, 1.54) is 6.07 Å². The van der Waals surface area contributed by atoms with Crippen LogP contribution >= 0.6 is 0 Å². The average Bonchev–Trinajstić information content (AvgIpc) is 2.74. The van der Waals surface area contributed by atoms with Crippen molar-refractivity contribution in [3.05, 3.63) is 95.6 Å². The lowest BCUT2D eigenvalue weighted by molar-refractivity contribution is 0.0507. The van der Waals surface area contributed by atoms with Crippen molar-refractivity contribution in [3.63, 3.8) is 0 Å². The van der Waals surface area contributed by atoms with Gasteiger partial charge in [0, 0.05) is 6.42 Å². The van der Waals surface area contributed by atoms with Crippen LogP contribution in [0.4, 0.5) is 0 Å². The summed E-state index contributed by atoms with van der Waals surface area (Å²) >= 11 is 0. The maximum absolute atomic E-state index is 12.2. The molecule has 3 rings (SSSR count). The minimum absolute atomic E-state index is 0.276. The molecule has 0 aromatic heterocycles. The Labute approximate surface area is 163 Å². The monoisotopic (exact) mass is 376 g/mol. The molecular weight excluding hydrogens is 356 g/mol. The summed E-state index contributed by atoms with van der Waals surface area (Å²) in [5.74, 6) is -0.0503. The third-order valence-corrected chi connectivity index (χ3v) is 4.07. The highest BCUT2D eigenvalue weighted by molar-refractivity contribution is 5.92. The van der Waals surface area contributed by atoms with Crippen molar-refractivity contribution in [2.75, 3.05) is 13.7 Å². The zero-order valence-electron chi connectivity index (χ0n) is 15.5. The van der Waals surface area contributed by atoms with Gasteiger partial charge in [0.15, 0.2) is 0 Å². The molecule has 142 valence electrons. The van der Waals surface area contributed by atoms with Gasteiger partial charge in [0.05, 0.1) is 24.8 Å². The predicted molar refractivity (Wildman–Crippen MR) is 105 cm³/mol. The molecule has 3 aromatic carbocycles. The highest BCUT2D eigenvalue weighted by Gasteiger charge is 2.12. The van der Waals surface area contributed by atoms with Gasteiger partial charge in [-0.3, -0.25) is 0 Å². The number of hydrogen-bond acceptors (Lipinski definition) is 5. The van der Waals surface area contributed by atoms with E-state index in [1.54, 1.807) is 49.6 Å². The first kappa shape index (κ1) is 19.2. The Morgan fingerprint density at radius 2 is 1.50 bits per heavy atom. The zero-order chi connectivity index (χ0) is 19.8. The number of hydrogen-bond donors (Lipinski definition) is 0. The van der Waals surface area contributed by atoms with E-state index in [0.29, 0.717) is 23.3 Å². The van der Waals surface area contributed by atoms with E-state index in [4.69, 9.17) is 14.2 Å². The summed E-state index contributed by atoms with van der Waals surface area (Å²) in [6.45, 7) is 0.276. The molecule has 0 unspecified atom stereocenters. The molecule has 0 radical (unpaired) electrons. The van der Waals surface area contributed by atoms with Crippen LogP contribution in [0.1, 0.15) is 26.3 Å². The summed E-state index contributed by atoms with van der Waals surface area (Å²) in [5.41, 5.74) is 1.81. The summed E-state index contributed by atoms with van der Waals surface area (Å²) in [4.78, 5) is 24.5. The molecular formula is C23H20O5. The second-order valence-electron chi connectivity index (χ2n) is 6.02. The molecule has 0 aliphatic rings. The molecule has 0 amide bonds. The van der Waals surface area contributed by atoms with Crippen molar-refractivity contribution in [1.82, 2.24) is 0 Å². The van der Waals surface area contributed by atoms with Gasteiger partial charge in [0.25, 0.3) is 0 Å². The Hall–Kier alpha value is -3.60. The molecule has 0 saturated carbocycles. The van der Waals surface area contributed by atoms with Crippen LogP contribution in [-0.2, 0) is 11.2 Å². The molecule has 0 fully saturated rings. The lowest BCUT2D eigenvalue weighted by atomic mass is 10.2. The Morgan fingerprint density at radius 3 is 2.21 bits per heavy atom. The molecule has 0 atom stereocenters. The van der Waals surface area contributed by atoms with E-state index in [0.717, 1.165) is 5.56 Å². The summed E-state index contributed by atoms with van der Waals surface area (Å²) in [5, 5.41) is 0. The molecule has 3 aromatic rings. The van der Waals surface area contributed by atoms with Crippen LogP contribution in [0.3, 0.4) is 0 Å². The molecule has 0 bridgehead atoms. The van der Waals surface area contributed by atoms with Crippen LogP contribution in [0.25, 0.3) is 0 Å². The fraction of sp³-hybridized carbons (Fsp3) is 0.130. The van der Waals surface area contributed by atoms with Crippen molar-refractivity contribution in [3.8, 4) is 11.5 Å². The maximum atomic E-state index is 12.2. The summed E-state index contributed by atoms with van der Waals surface area (Å²) in [6, 6.07) is 22.7. The minimum Gasteiger partial charge on any atom is -0.497 e. The van der Waals surface area contributed by atoms with Crippen molar-refractivity contribution in [2.24, 2.45) is 0 Å². The smallest absolute Gasteiger partial charge is 0.343 e. The van der Waals surface area contributed by atoms with Crippen molar-refractivity contribution < 1.29 is 23.8 Å². The summed E-state index contributed by atoms with van der Waals surface area (Å²) in [6.07, 6.45) is 0.638. The molecule has 5 nitrogen and oxygen atoms in total. The molecule has 0 aliphatic carbocycles. The number of rotatable bonds is 7. The van der Waals surface area contributed by atoms with Gasteiger partial charge in [-0.15, -0.1) is 0 Å². The summed E-state index contributed by atoms with van der Waals surface area (Å²) in [7, 11) is 1.55. The largest absolute Gasteiger partial charge is 0.497 e. The Balaban J connectivity index is 1.58. The normalized spacial score (nSPS) is 10.2. The van der Waals surface area contributed by atoms with Crippen molar-refractivity contribution in [1.29, 1.82) is 0 Å². The SMILES string of the molecule is COc1ccc(C(=O)Oc2cccc(C(=O)OCCc3ccccc3)c2)cc1. The fourth-order valence-corrected chi connectivity index (χ4v) is 2.57. The van der Waals surface area contributed by atoms with Gasteiger partial charge >= 0.3 is 11.9 Å². The van der Waals surface area contributed by atoms with Crippen molar-refractivity contribution >= 4 is 11.9 Å². The van der Waals surface area contributed by atoms with Crippen molar-refractivity contribution in [2.45, 2.75) is 6.42 Å². The van der Waals surface area contributed by atoms with Crippen LogP contribution in [0, 0.1) is 0 Å². The van der Waals surface area contributed by atoms with Crippen LogP contribution < -0.4 is 9.47 Å². The number of benzene rings is 3. The van der Waals surface area contributed by atoms with E-state index in [9.17, 15) is 9.59 Å². The second kappa shape index (κ2) is 9.37. The summed E-state index contributed by atoms with van der Waals surface area (Å²) < 4.78 is 15.7. The van der Waals surface area contributed by atoms with Gasteiger partial charge < -0.3 is 14.2 Å². The number of carbonyl (C=O) groups excluding carboxylic acids is 2. The first-order chi connectivity index (χ1) is 13.7. The molecule has 0 heterocycles. The number of ether oxygens (including phenoxy) is 3. The first-order valence-electron chi connectivity index (χ1n) is 8.83. The maximum Gasteiger partial charge on any atom is 0.343 e. The Bertz CT molecular complexity index is 933. The second-order valence-corrected chi connectivity index (χ2v) is 6.02. The van der Waals surface area contributed by atoms with E-state index in [1.807, 2.05) is 30.3 Å². The fourth-order valence-electron chi connectivity index (χ4n) is 2.57. The van der Waals surface area contributed by atoms with Crippen LogP contribution in [0.2, 0.25) is 0 Å². The van der Waals surface area contributed by atoms with E-state index >= 15 is 0 Å². The lowest BCUT2D eigenvalue weighted by Gasteiger charge is -2.08. The van der Waals surface area contributed by atoms with Crippen LogP contribution in [0.15, 0.2) is 78.9 Å². The van der Waals surface area contributed by atoms with Gasteiger partial charge in [-0.25, -0.2) is 9.59 Å². The van der Waals surface area contributed by atoms with Crippen LogP contribution in [-0.4, -0.2) is 25.7 Å². The van der Waals surface area contributed by atoms with E-state index < -0.39 is 11.9 Å². The third-order valence-electron chi connectivity index (χ3n) is 4.07. The van der Waals surface area contributed by atoms with Gasteiger partial charge in [0.1, 0.15) is 11.5 Å². The van der Waals surface area contributed by atoms with Gasteiger partial charge in [-0.1, -0.05) is 36.4 Å².